The van der Waals surface area contributed by atoms with E-state index < -0.39 is 0 Å². The van der Waals surface area contributed by atoms with Gasteiger partial charge in [0.2, 0.25) is 0 Å². The van der Waals surface area contributed by atoms with Gasteiger partial charge in [-0.2, -0.15) is 0 Å². The fourth-order valence-corrected chi connectivity index (χ4v) is 3.02. The number of nitrogens with one attached hydrogen (secondary N) is 1. The summed E-state index contributed by atoms with van der Waals surface area (Å²) in [6.45, 7) is 6.96. The maximum Gasteiger partial charge on any atom is 0.252 e. The number of halogens is 1. The first kappa shape index (κ1) is 17.2. The molecule has 0 unspecified atom stereocenters. The highest BCUT2D eigenvalue weighted by Gasteiger charge is 2.26. The summed E-state index contributed by atoms with van der Waals surface area (Å²) in [6.07, 6.45) is 2.61. The number of carbonyl (C=O) groups is 1. The van der Waals surface area contributed by atoms with Crippen LogP contribution in [0, 0.1) is 12.3 Å². The largest absolute Gasteiger partial charge is 0.396 e. The van der Waals surface area contributed by atoms with Crippen LogP contribution < -0.4 is 5.32 Å². The molecule has 1 amide bonds. The Labute approximate surface area is 129 Å². The quantitative estimate of drug-likeness (QED) is 0.794. The number of aliphatic hydroxyl groups excluding tert-OH is 1. The third kappa shape index (κ3) is 4.32. The lowest BCUT2D eigenvalue weighted by atomic mass is 9.79. The highest BCUT2D eigenvalue weighted by Crippen LogP contribution is 2.29. The number of carbonyl (C=O) groups excluding carboxylic acids is 1. The SMILES string of the molecule is CCC(CC)(CCO)CNC(=O)c1ccc(C)cc1Br. The molecular weight excluding hydrogens is 318 g/mol. The van der Waals surface area contributed by atoms with Gasteiger partial charge in [0, 0.05) is 17.6 Å². The fourth-order valence-electron chi connectivity index (χ4n) is 2.35. The fraction of sp³-hybridized carbons (Fsp3) is 0.562. The molecule has 1 rings (SSSR count). The molecule has 0 saturated heterocycles. The summed E-state index contributed by atoms with van der Waals surface area (Å²) in [5.74, 6) is -0.0684. The van der Waals surface area contributed by atoms with E-state index in [-0.39, 0.29) is 17.9 Å². The van der Waals surface area contributed by atoms with E-state index in [2.05, 4.69) is 35.1 Å². The van der Waals surface area contributed by atoms with Crippen LogP contribution in [-0.4, -0.2) is 24.2 Å². The van der Waals surface area contributed by atoms with Gasteiger partial charge in [0.05, 0.1) is 5.56 Å². The van der Waals surface area contributed by atoms with Crippen molar-refractivity contribution in [2.75, 3.05) is 13.2 Å². The molecule has 0 atom stereocenters. The molecule has 0 saturated carbocycles. The first-order valence-corrected chi connectivity index (χ1v) is 7.92. The van der Waals surface area contributed by atoms with Gasteiger partial charge in [-0.3, -0.25) is 4.79 Å². The summed E-state index contributed by atoms with van der Waals surface area (Å²) in [5.41, 5.74) is 1.76. The van der Waals surface area contributed by atoms with E-state index in [0.29, 0.717) is 12.1 Å². The first-order chi connectivity index (χ1) is 9.48. The van der Waals surface area contributed by atoms with Crippen molar-refractivity contribution in [1.82, 2.24) is 5.32 Å². The van der Waals surface area contributed by atoms with Crippen LogP contribution in [0.3, 0.4) is 0 Å². The topological polar surface area (TPSA) is 49.3 Å². The third-order valence-corrected chi connectivity index (χ3v) is 4.79. The molecule has 0 aliphatic rings. The summed E-state index contributed by atoms with van der Waals surface area (Å²) in [6, 6.07) is 5.70. The standard InChI is InChI=1S/C16H24BrNO2/c1-4-16(5-2,8-9-19)11-18-15(20)13-7-6-12(3)10-14(13)17/h6-7,10,19H,4-5,8-9,11H2,1-3H3,(H,18,20). The van der Waals surface area contributed by atoms with Gasteiger partial charge in [-0.05, 0) is 65.2 Å². The first-order valence-electron chi connectivity index (χ1n) is 7.13. The van der Waals surface area contributed by atoms with E-state index in [1.165, 1.54) is 0 Å². The Kier molecular flexibility index (Phi) is 6.69. The van der Waals surface area contributed by atoms with Crippen molar-refractivity contribution >= 4 is 21.8 Å². The van der Waals surface area contributed by atoms with Crippen molar-refractivity contribution in [1.29, 1.82) is 0 Å². The summed E-state index contributed by atoms with van der Waals surface area (Å²) in [7, 11) is 0. The van der Waals surface area contributed by atoms with Gasteiger partial charge in [-0.15, -0.1) is 0 Å². The van der Waals surface area contributed by atoms with E-state index in [0.717, 1.165) is 29.3 Å². The lowest BCUT2D eigenvalue weighted by Gasteiger charge is -2.31. The molecular formula is C16H24BrNO2. The molecule has 0 aliphatic heterocycles. The highest BCUT2D eigenvalue weighted by atomic mass is 79.9. The smallest absolute Gasteiger partial charge is 0.252 e. The zero-order valence-electron chi connectivity index (χ0n) is 12.5. The Bertz CT molecular complexity index is 456. The van der Waals surface area contributed by atoms with Crippen LogP contribution in [0.2, 0.25) is 0 Å². The Morgan fingerprint density at radius 2 is 2.00 bits per heavy atom. The van der Waals surface area contributed by atoms with E-state index in [1.807, 2.05) is 25.1 Å². The minimum absolute atomic E-state index is 0.0123. The number of benzene rings is 1. The van der Waals surface area contributed by atoms with Gasteiger partial charge in [0.15, 0.2) is 0 Å². The summed E-state index contributed by atoms with van der Waals surface area (Å²) in [5, 5.41) is 12.2. The molecule has 2 N–H and O–H groups in total. The van der Waals surface area contributed by atoms with E-state index in [1.54, 1.807) is 0 Å². The molecule has 0 bridgehead atoms. The van der Waals surface area contributed by atoms with Gasteiger partial charge < -0.3 is 10.4 Å². The number of rotatable bonds is 7. The average Bonchev–Trinajstić information content (AvgIpc) is 2.43. The summed E-state index contributed by atoms with van der Waals surface area (Å²) in [4.78, 5) is 12.3. The van der Waals surface area contributed by atoms with Crippen molar-refractivity contribution in [2.24, 2.45) is 5.41 Å². The highest BCUT2D eigenvalue weighted by molar-refractivity contribution is 9.10. The Hall–Kier alpha value is -0.870. The van der Waals surface area contributed by atoms with Crippen molar-refractivity contribution in [2.45, 2.75) is 40.0 Å². The molecule has 0 spiro atoms. The van der Waals surface area contributed by atoms with Crippen molar-refractivity contribution in [3.8, 4) is 0 Å². The molecule has 20 heavy (non-hydrogen) atoms. The minimum atomic E-state index is -0.0684. The lowest BCUT2D eigenvalue weighted by molar-refractivity contribution is 0.0906. The third-order valence-electron chi connectivity index (χ3n) is 4.14. The number of amides is 1. The molecule has 0 radical (unpaired) electrons. The molecule has 3 nitrogen and oxygen atoms in total. The van der Waals surface area contributed by atoms with Crippen molar-refractivity contribution in [3.05, 3.63) is 33.8 Å². The second-order valence-electron chi connectivity index (χ2n) is 5.35. The van der Waals surface area contributed by atoms with E-state index in [4.69, 9.17) is 0 Å². The monoisotopic (exact) mass is 341 g/mol. The van der Waals surface area contributed by atoms with Gasteiger partial charge >= 0.3 is 0 Å². The molecule has 0 heterocycles. The molecule has 0 fully saturated rings. The molecule has 112 valence electrons. The van der Waals surface area contributed by atoms with Gasteiger partial charge in [-0.1, -0.05) is 19.9 Å². The van der Waals surface area contributed by atoms with Gasteiger partial charge in [0.25, 0.3) is 5.91 Å². The van der Waals surface area contributed by atoms with Gasteiger partial charge in [-0.25, -0.2) is 0 Å². The van der Waals surface area contributed by atoms with Crippen LogP contribution in [0.5, 0.6) is 0 Å². The van der Waals surface area contributed by atoms with Crippen LogP contribution in [0.1, 0.15) is 49.0 Å². The van der Waals surface area contributed by atoms with Crippen LogP contribution in [0.4, 0.5) is 0 Å². The van der Waals surface area contributed by atoms with Crippen LogP contribution >= 0.6 is 15.9 Å². The van der Waals surface area contributed by atoms with Crippen LogP contribution in [0.15, 0.2) is 22.7 Å². The molecule has 0 aliphatic carbocycles. The molecule has 1 aromatic carbocycles. The molecule has 0 aromatic heterocycles. The average molecular weight is 342 g/mol. The summed E-state index contributed by atoms with van der Waals surface area (Å²) >= 11 is 3.43. The second kappa shape index (κ2) is 7.79. The molecule has 1 aromatic rings. The number of hydrogen-bond donors (Lipinski definition) is 2. The summed E-state index contributed by atoms with van der Waals surface area (Å²) < 4.78 is 0.816. The number of aliphatic hydroxyl groups is 1. The minimum Gasteiger partial charge on any atom is -0.396 e. The second-order valence-corrected chi connectivity index (χ2v) is 6.20. The lowest BCUT2D eigenvalue weighted by Crippen LogP contribution is -2.37. The van der Waals surface area contributed by atoms with E-state index >= 15 is 0 Å². The number of hydrogen-bond acceptors (Lipinski definition) is 2. The van der Waals surface area contributed by atoms with Crippen molar-refractivity contribution in [3.63, 3.8) is 0 Å². The Morgan fingerprint density at radius 1 is 1.35 bits per heavy atom. The Balaban J connectivity index is 2.75. The zero-order chi connectivity index (χ0) is 15.2. The molecule has 4 heteroatoms. The van der Waals surface area contributed by atoms with Crippen LogP contribution in [-0.2, 0) is 0 Å². The number of aryl methyl sites for hydroxylation is 1. The Morgan fingerprint density at radius 3 is 2.50 bits per heavy atom. The maximum atomic E-state index is 12.3. The normalized spacial score (nSPS) is 11.4. The van der Waals surface area contributed by atoms with Crippen LogP contribution in [0.25, 0.3) is 0 Å². The zero-order valence-corrected chi connectivity index (χ0v) is 14.1. The van der Waals surface area contributed by atoms with Crippen molar-refractivity contribution < 1.29 is 9.90 Å². The van der Waals surface area contributed by atoms with Gasteiger partial charge in [0.1, 0.15) is 0 Å². The maximum absolute atomic E-state index is 12.3. The predicted molar refractivity (Wildman–Crippen MR) is 85.9 cm³/mol. The van der Waals surface area contributed by atoms with E-state index in [9.17, 15) is 9.90 Å². The predicted octanol–water partition coefficient (Wildman–Crippen LogP) is 3.68.